The number of nitrogens with zero attached hydrogens (tertiary/aromatic N) is 1. The second-order valence-corrected chi connectivity index (χ2v) is 3.87. The monoisotopic (exact) mass is 232 g/mol. The Morgan fingerprint density at radius 1 is 1.41 bits per heavy atom. The number of fused-ring (bicyclic) bond motifs is 2. The Balaban J connectivity index is 2.08. The van der Waals surface area contributed by atoms with Gasteiger partial charge in [-0.3, -0.25) is 4.79 Å². The number of amides is 1. The molecule has 2 aliphatic rings. The molecule has 0 bridgehead atoms. The van der Waals surface area contributed by atoms with E-state index in [0.717, 1.165) is 11.4 Å². The Bertz CT molecular complexity index is 499. The van der Waals surface area contributed by atoms with E-state index in [0.29, 0.717) is 24.6 Å². The van der Waals surface area contributed by atoms with Crippen LogP contribution in [-0.4, -0.2) is 25.8 Å². The standard InChI is InChI=1S/C12H12N2O3/c1-2-3-14-9-5-11-10(16-7-17-11)4-8(9)13-6-12(14)15/h2,4-5,13H,1,3,6-7H2. The first-order valence-electron chi connectivity index (χ1n) is 5.38. The number of benzene rings is 1. The molecule has 0 saturated heterocycles. The van der Waals surface area contributed by atoms with E-state index >= 15 is 0 Å². The van der Waals surface area contributed by atoms with Gasteiger partial charge in [0.15, 0.2) is 11.5 Å². The van der Waals surface area contributed by atoms with Gasteiger partial charge >= 0.3 is 0 Å². The number of anilines is 2. The third-order valence-corrected chi connectivity index (χ3v) is 2.82. The first-order valence-corrected chi connectivity index (χ1v) is 5.38. The second kappa shape index (κ2) is 3.69. The van der Waals surface area contributed by atoms with Gasteiger partial charge in [-0.05, 0) is 0 Å². The third-order valence-electron chi connectivity index (χ3n) is 2.82. The summed E-state index contributed by atoms with van der Waals surface area (Å²) in [6.07, 6.45) is 1.71. The third kappa shape index (κ3) is 1.51. The zero-order valence-electron chi connectivity index (χ0n) is 9.23. The van der Waals surface area contributed by atoms with Crippen LogP contribution in [0.1, 0.15) is 0 Å². The van der Waals surface area contributed by atoms with Crippen LogP contribution in [0.2, 0.25) is 0 Å². The fraction of sp³-hybridized carbons (Fsp3) is 0.250. The van der Waals surface area contributed by atoms with Gasteiger partial charge in [-0.25, -0.2) is 0 Å². The molecule has 0 unspecified atom stereocenters. The van der Waals surface area contributed by atoms with E-state index in [1.807, 2.05) is 12.1 Å². The van der Waals surface area contributed by atoms with E-state index in [9.17, 15) is 4.79 Å². The highest BCUT2D eigenvalue weighted by molar-refractivity contribution is 6.03. The maximum Gasteiger partial charge on any atom is 0.246 e. The minimum Gasteiger partial charge on any atom is -0.454 e. The zero-order valence-corrected chi connectivity index (χ0v) is 9.23. The van der Waals surface area contributed by atoms with Crippen molar-refractivity contribution in [3.63, 3.8) is 0 Å². The summed E-state index contributed by atoms with van der Waals surface area (Å²) in [6.45, 7) is 4.68. The molecule has 0 aliphatic carbocycles. The van der Waals surface area contributed by atoms with Crippen LogP contribution in [0, 0.1) is 0 Å². The largest absolute Gasteiger partial charge is 0.454 e. The van der Waals surface area contributed by atoms with Gasteiger partial charge in [0.05, 0.1) is 17.9 Å². The molecule has 88 valence electrons. The Morgan fingerprint density at radius 3 is 2.94 bits per heavy atom. The highest BCUT2D eigenvalue weighted by Crippen LogP contribution is 2.42. The Hall–Kier alpha value is -2.17. The highest BCUT2D eigenvalue weighted by atomic mass is 16.7. The van der Waals surface area contributed by atoms with Crippen molar-refractivity contribution >= 4 is 17.3 Å². The summed E-state index contributed by atoms with van der Waals surface area (Å²) >= 11 is 0. The second-order valence-electron chi connectivity index (χ2n) is 3.87. The van der Waals surface area contributed by atoms with E-state index < -0.39 is 0 Å². The molecule has 2 aliphatic heterocycles. The van der Waals surface area contributed by atoms with Crippen molar-refractivity contribution in [1.82, 2.24) is 0 Å². The number of ether oxygens (including phenoxy) is 2. The lowest BCUT2D eigenvalue weighted by Crippen LogP contribution is -2.39. The summed E-state index contributed by atoms with van der Waals surface area (Å²) in [6, 6.07) is 3.69. The zero-order chi connectivity index (χ0) is 11.8. The van der Waals surface area contributed by atoms with E-state index in [-0.39, 0.29) is 12.7 Å². The molecule has 0 atom stereocenters. The molecule has 17 heavy (non-hydrogen) atoms. The first kappa shape index (κ1) is 10.0. The van der Waals surface area contributed by atoms with Gasteiger partial charge in [-0.2, -0.15) is 0 Å². The van der Waals surface area contributed by atoms with E-state index in [1.165, 1.54) is 0 Å². The van der Waals surface area contributed by atoms with Crippen LogP contribution in [-0.2, 0) is 4.79 Å². The van der Waals surface area contributed by atoms with Crippen LogP contribution >= 0.6 is 0 Å². The Morgan fingerprint density at radius 2 is 2.18 bits per heavy atom. The number of nitrogens with one attached hydrogen (secondary N) is 1. The van der Waals surface area contributed by atoms with Gasteiger partial charge in [0, 0.05) is 18.7 Å². The quantitative estimate of drug-likeness (QED) is 0.782. The summed E-state index contributed by atoms with van der Waals surface area (Å²) < 4.78 is 10.6. The van der Waals surface area contributed by atoms with Crippen molar-refractivity contribution in [3.8, 4) is 11.5 Å². The Labute approximate surface area is 98.6 Å². The molecule has 2 heterocycles. The average molecular weight is 232 g/mol. The molecule has 0 saturated carbocycles. The number of rotatable bonds is 2. The van der Waals surface area contributed by atoms with Crippen LogP contribution in [0.4, 0.5) is 11.4 Å². The number of carbonyl (C=O) groups excluding carboxylic acids is 1. The summed E-state index contributed by atoms with van der Waals surface area (Å²) in [7, 11) is 0. The van der Waals surface area contributed by atoms with E-state index in [2.05, 4.69) is 11.9 Å². The minimum absolute atomic E-state index is 0.0243. The van der Waals surface area contributed by atoms with Gasteiger partial charge in [0.2, 0.25) is 12.7 Å². The molecule has 1 N–H and O–H groups in total. The predicted molar refractivity (Wildman–Crippen MR) is 63.6 cm³/mol. The van der Waals surface area contributed by atoms with Crippen molar-refractivity contribution in [3.05, 3.63) is 24.8 Å². The number of hydrogen-bond donors (Lipinski definition) is 1. The lowest BCUT2D eigenvalue weighted by atomic mass is 10.1. The maximum absolute atomic E-state index is 11.8. The molecule has 0 fully saturated rings. The van der Waals surface area contributed by atoms with Gasteiger partial charge in [-0.15, -0.1) is 6.58 Å². The normalized spacial score (nSPS) is 16.5. The van der Waals surface area contributed by atoms with Crippen molar-refractivity contribution < 1.29 is 14.3 Å². The molecule has 5 heteroatoms. The molecule has 0 aromatic heterocycles. The summed E-state index contributed by atoms with van der Waals surface area (Å²) in [4.78, 5) is 13.5. The summed E-state index contributed by atoms with van der Waals surface area (Å²) in [5, 5.41) is 3.07. The predicted octanol–water partition coefficient (Wildman–Crippen LogP) is 1.36. The molecule has 0 radical (unpaired) electrons. The van der Waals surface area contributed by atoms with Crippen molar-refractivity contribution in [1.29, 1.82) is 0 Å². The Kier molecular flexibility index (Phi) is 2.18. The van der Waals surface area contributed by atoms with Crippen LogP contribution in [0.15, 0.2) is 24.8 Å². The van der Waals surface area contributed by atoms with Crippen LogP contribution in [0.25, 0.3) is 0 Å². The summed E-state index contributed by atoms with van der Waals surface area (Å²) in [5.41, 5.74) is 1.70. The maximum atomic E-state index is 11.8. The molecule has 3 rings (SSSR count). The molecular weight excluding hydrogens is 220 g/mol. The van der Waals surface area contributed by atoms with E-state index in [1.54, 1.807) is 11.0 Å². The van der Waals surface area contributed by atoms with Crippen LogP contribution in [0.3, 0.4) is 0 Å². The fourth-order valence-corrected chi connectivity index (χ4v) is 2.03. The van der Waals surface area contributed by atoms with Crippen molar-refractivity contribution in [2.24, 2.45) is 0 Å². The van der Waals surface area contributed by atoms with Gasteiger partial charge in [0.25, 0.3) is 0 Å². The van der Waals surface area contributed by atoms with Crippen molar-refractivity contribution in [2.45, 2.75) is 0 Å². The topological polar surface area (TPSA) is 50.8 Å². The first-order chi connectivity index (χ1) is 8.29. The van der Waals surface area contributed by atoms with Crippen LogP contribution in [0.5, 0.6) is 11.5 Å². The van der Waals surface area contributed by atoms with Crippen molar-refractivity contribution in [2.75, 3.05) is 30.1 Å². The molecule has 1 aromatic rings. The van der Waals surface area contributed by atoms with Gasteiger partial charge in [-0.1, -0.05) is 6.08 Å². The lowest BCUT2D eigenvalue weighted by Gasteiger charge is -2.29. The number of hydrogen-bond acceptors (Lipinski definition) is 4. The van der Waals surface area contributed by atoms with Gasteiger partial charge in [0.1, 0.15) is 0 Å². The van der Waals surface area contributed by atoms with E-state index in [4.69, 9.17) is 9.47 Å². The lowest BCUT2D eigenvalue weighted by molar-refractivity contribution is -0.117. The molecule has 0 spiro atoms. The smallest absolute Gasteiger partial charge is 0.246 e. The van der Waals surface area contributed by atoms with Crippen LogP contribution < -0.4 is 19.7 Å². The minimum atomic E-state index is 0.0243. The SMILES string of the molecule is C=CCN1C(=O)CNc2cc3c(cc21)OCO3. The molecule has 1 aromatic carbocycles. The molecular formula is C12H12N2O3. The fourth-order valence-electron chi connectivity index (χ4n) is 2.03. The summed E-state index contributed by atoms with van der Waals surface area (Å²) in [5.74, 6) is 1.41. The van der Waals surface area contributed by atoms with Gasteiger partial charge < -0.3 is 19.7 Å². The average Bonchev–Trinajstić information content (AvgIpc) is 2.78. The highest BCUT2D eigenvalue weighted by Gasteiger charge is 2.26. The number of carbonyl (C=O) groups is 1. The molecule has 5 nitrogen and oxygen atoms in total. The molecule has 1 amide bonds.